The molecule has 1 amide bonds. The molecule has 0 aliphatic heterocycles. The molecule has 8 heteroatoms. The minimum atomic E-state index is -3.49. The molecule has 0 radical (unpaired) electrons. The average Bonchev–Trinajstić information content (AvgIpc) is 3.61. The highest BCUT2D eigenvalue weighted by Crippen LogP contribution is 2.22. The number of hydrazine groups is 1. The van der Waals surface area contributed by atoms with E-state index in [-0.39, 0.29) is 16.8 Å². The summed E-state index contributed by atoms with van der Waals surface area (Å²) in [6, 6.07) is 22.9. The predicted octanol–water partition coefficient (Wildman–Crippen LogP) is 3.46. The van der Waals surface area contributed by atoms with E-state index in [1.165, 1.54) is 12.1 Å². The number of rotatable bonds is 9. The molecule has 3 aromatic rings. The summed E-state index contributed by atoms with van der Waals surface area (Å²) in [5, 5.41) is 0. The fraction of sp³-hybridized carbons (Fsp3) is 0.174. The van der Waals surface area contributed by atoms with E-state index in [1.807, 2.05) is 30.3 Å². The Bertz CT molecular complexity index is 1130. The van der Waals surface area contributed by atoms with E-state index in [2.05, 4.69) is 15.6 Å². The van der Waals surface area contributed by atoms with Gasteiger partial charge in [-0.05, 0) is 66.9 Å². The number of sulfonamides is 1. The minimum absolute atomic E-state index is 0.0530. The molecule has 1 saturated carbocycles. The van der Waals surface area contributed by atoms with Gasteiger partial charge in [-0.3, -0.25) is 15.6 Å². The number of carbonyl (C=O) groups is 1. The summed E-state index contributed by atoms with van der Waals surface area (Å²) in [5.41, 5.74) is 7.49. The lowest BCUT2D eigenvalue weighted by Crippen LogP contribution is -2.29. The van der Waals surface area contributed by atoms with Gasteiger partial charge in [-0.1, -0.05) is 30.3 Å². The van der Waals surface area contributed by atoms with Gasteiger partial charge in [0.15, 0.2) is 0 Å². The summed E-state index contributed by atoms with van der Waals surface area (Å²) in [6.45, 7) is 0.454. The zero-order valence-corrected chi connectivity index (χ0v) is 17.6. The Morgan fingerprint density at radius 1 is 0.903 bits per heavy atom. The van der Waals surface area contributed by atoms with Crippen molar-refractivity contribution in [2.75, 3.05) is 5.43 Å². The molecule has 4 rings (SSSR count). The third kappa shape index (κ3) is 5.84. The van der Waals surface area contributed by atoms with Crippen LogP contribution >= 0.6 is 0 Å². The fourth-order valence-electron chi connectivity index (χ4n) is 2.85. The molecule has 0 aromatic heterocycles. The van der Waals surface area contributed by atoms with Gasteiger partial charge >= 0.3 is 0 Å². The largest absolute Gasteiger partial charge is 0.489 e. The smallest absolute Gasteiger partial charge is 0.269 e. The first-order valence-electron chi connectivity index (χ1n) is 9.95. The summed E-state index contributed by atoms with van der Waals surface area (Å²) < 4.78 is 32.7. The van der Waals surface area contributed by atoms with E-state index < -0.39 is 10.0 Å². The Balaban J connectivity index is 1.28. The average molecular weight is 438 g/mol. The number of hydrogen-bond donors (Lipinski definition) is 3. The third-order valence-electron chi connectivity index (χ3n) is 4.75. The summed E-state index contributed by atoms with van der Waals surface area (Å²) >= 11 is 0. The Labute approximate surface area is 181 Å². The van der Waals surface area contributed by atoms with Crippen LogP contribution in [0.2, 0.25) is 0 Å². The van der Waals surface area contributed by atoms with Crippen LogP contribution in [0.3, 0.4) is 0 Å². The van der Waals surface area contributed by atoms with Crippen molar-refractivity contribution in [1.29, 1.82) is 0 Å². The zero-order valence-electron chi connectivity index (χ0n) is 16.7. The summed E-state index contributed by atoms with van der Waals surface area (Å²) in [4.78, 5) is 12.5. The van der Waals surface area contributed by atoms with Crippen LogP contribution in [-0.4, -0.2) is 20.4 Å². The van der Waals surface area contributed by atoms with Gasteiger partial charge in [0.1, 0.15) is 12.4 Å². The SMILES string of the molecule is O=C(NNc1ccc(S(=O)(=O)NC2CC2)cc1)c1ccc(OCc2ccccc2)cc1. The monoisotopic (exact) mass is 437 g/mol. The van der Waals surface area contributed by atoms with Crippen LogP contribution in [-0.2, 0) is 16.6 Å². The van der Waals surface area contributed by atoms with Crippen molar-refractivity contribution in [2.24, 2.45) is 0 Å². The molecule has 0 unspecified atom stereocenters. The first-order valence-corrected chi connectivity index (χ1v) is 11.4. The minimum Gasteiger partial charge on any atom is -0.489 e. The lowest BCUT2D eigenvalue weighted by molar-refractivity contribution is 0.0962. The molecule has 0 atom stereocenters. The van der Waals surface area contributed by atoms with Gasteiger partial charge in [0.25, 0.3) is 5.91 Å². The van der Waals surface area contributed by atoms with E-state index in [4.69, 9.17) is 4.74 Å². The molecule has 0 heterocycles. The zero-order chi connectivity index (χ0) is 21.7. The van der Waals surface area contributed by atoms with Crippen molar-refractivity contribution in [3.63, 3.8) is 0 Å². The van der Waals surface area contributed by atoms with Crippen molar-refractivity contribution in [1.82, 2.24) is 10.1 Å². The topological polar surface area (TPSA) is 96.5 Å². The fourth-order valence-corrected chi connectivity index (χ4v) is 4.16. The Kier molecular flexibility index (Phi) is 6.20. The molecule has 31 heavy (non-hydrogen) atoms. The second-order valence-electron chi connectivity index (χ2n) is 7.30. The number of hydrogen-bond acceptors (Lipinski definition) is 5. The van der Waals surface area contributed by atoms with Crippen molar-refractivity contribution in [3.8, 4) is 5.75 Å². The standard InChI is InChI=1S/C23H23N3O4S/c27-23(18-6-12-21(13-7-18)30-16-17-4-2-1-3-5-17)25-24-19-10-14-22(15-11-19)31(28,29)26-20-8-9-20/h1-7,10-15,20,24,26H,8-9,16H2,(H,25,27). The lowest BCUT2D eigenvalue weighted by Gasteiger charge is -2.11. The summed E-state index contributed by atoms with van der Waals surface area (Å²) in [7, 11) is -3.49. The van der Waals surface area contributed by atoms with E-state index in [1.54, 1.807) is 36.4 Å². The van der Waals surface area contributed by atoms with Crippen LogP contribution in [0.15, 0.2) is 83.8 Å². The van der Waals surface area contributed by atoms with Gasteiger partial charge in [0, 0.05) is 11.6 Å². The molecule has 3 N–H and O–H groups in total. The quantitative estimate of drug-likeness (QED) is 0.446. The Hall–Kier alpha value is -3.36. The molecule has 1 fully saturated rings. The molecule has 1 aliphatic rings. The van der Waals surface area contributed by atoms with E-state index in [0.717, 1.165) is 18.4 Å². The molecule has 3 aromatic carbocycles. The van der Waals surface area contributed by atoms with Gasteiger partial charge < -0.3 is 4.74 Å². The normalized spacial score (nSPS) is 13.4. The Morgan fingerprint density at radius 2 is 1.58 bits per heavy atom. The number of anilines is 1. The third-order valence-corrected chi connectivity index (χ3v) is 6.29. The highest BCUT2D eigenvalue weighted by Gasteiger charge is 2.27. The van der Waals surface area contributed by atoms with Crippen LogP contribution in [0.5, 0.6) is 5.75 Å². The molecular weight excluding hydrogens is 414 g/mol. The molecule has 0 bridgehead atoms. The van der Waals surface area contributed by atoms with E-state index in [9.17, 15) is 13.2 Å². The van der Waals surface area contributed by atoms with Crippen molar-refractivity contribution >= 4 is 21.6 Å². The second-order valence-corrected chi connectivity index (χ2v) is 9.01. The molecule has 1 aliphatic carbocycles. The van der Waals surface area contributed by atoms with Gasteiger partial charge in [-0.15, -0.1) is 0 Å². The number of nitrogens with one attached hydrogen (secondary N) is 3. The summed E-state index contributed by atoms with van der Waals surface area (Å²) in [6.07, 6.45) is 1.76. The molecule has 0 saturated heterocycles. The van der Waals surface area contributed by atoms with Gasteiger partial charge in [-0.2, -0.15) is 0 Å². The van der Waals surface area contributed by atoms with Crippen LogP contribution < -0.4 is 20.3 Å². The van der Waals surface area contributed by atoms with Gasteiger partial charge in [-0.25, -0.2) is 13.1 Å². The van der Waals surface area contributed by atoms with Crippen LogP contribution in [0.25, 0.3) is 0 Å². The van der Waals surface area contributed by atoms with Crippen molar-refractivity contribution in [2.45, 2.75) is 30.4 Å². The highest BCUT2D eigenvalue weighted by molar-refractivity contribution is 7.89. The Morgan fingerprint density at radius 3 is 2.23 bits per heavy atom. The maximum atomic E-state index is 12.3. The maximum Gasteiger partial charge on any atom is 0.269 e. The van der Waals surface area contributed by atoms with Gasteiger partial charge in [0.2, 0.25) is 10.0 Å². The first-order chi connectivity index (χ1) is 15.0. The number of ether oxygens (including phenoxy) is 1. The van der Waals surface area contributed by atoms with Crippen LogP contribution in [0.4, 0.5) is 5.69 Å². The van der Waals surface area contributed by atoms with E-state index in [0.29, 0.717) is 23.6 Å². The van der Waals surface area contributed by atoms with Crippen LogP contribution in [0, 0.1) is 0 Å². The maximum absolute atomic E-state index is 12.3. The number of amides is 1. The highest BCUT2D eigenvalue weighted by atomic mass is 32.2. The molecule has 0 spiro atoms. The van der Waals surface area contributed by atoms with E-state index >= 15 is 0 Å². The number of benzene rings is 3. The van der Waals surface area contributed by atoms with Crippen LogP contribution in [0.1, 0.15) is 28.8 Å². The predicted molar refractivity (Wildman–Crippen MR) is 118 cm³/mol. The molecular formula is C23H23N3O4S. The first kappa shape index (κ1) is 20.9. The summed E-state index contributed by atoms with van der Waals surface area (Å²) in [5.74, 6) is 0.353. The molecule has 160 valence electrons. The lowest BCUT2D eigenvalue weighted by atomic mass is 10.2. The number of carbonyl (C=O) groups excluding carboxylic acids is 1. The van der Waals surface area contributed by atoms with Crippen molar-refractivity contribution in [3.05, 3.63) is 90.0 Å². The second kappa shape index (κ2) is 9.20. The molecule has 7 nitrogen and oxygen atoms in total. The van der Waals surface area contributed by atoms with Crippen molar-refractivity contribution < 1.29 is 17.9 Å². The van der Waals surface area contributed by atoms with Gasteiger partial charge in [0.05, 0.1) is 10.6 Å².